The maximum absolute atomic E-state index is 13.5. The van der Waals surface area contributed by atoms with Crippen molar-refractivity contribution in [3.8, 4) is 0 Å². The SMILES string of the molecule is O=C(O)CC1(NC(=O)c2cccc(F)c2Br)CCCCC1. The zero-order valence-electron chi connectivity index (χ0n) is 11.5. The monoisotopic (exact) mass is 357 g/mol. The third-order valence-corrected chi connectivity index (χ3v) is 4.68. The lowest BCUT2D eigenvalue weighted by atomic mass is 9.79. The molecule has 0 atom stereocenters. The number of rotatable bonds is 4. The number of benzene rings is 1. The van der Waals surface area contributed by atoms with Gasteiger partial charge >= 0.3 is 5.97 Å². The summed E-state index contributed by atoms with van der Waals surface area (Å²) in [5.41, 5.74) is -0.544. The standard InChI is InChI=1S/C15H17BrFNO3/c16-13-10(5-4-6-11(13)17)14(21)18-15(9-12(19)20)7-2-1-3-8-15/h4-6H,1-3,7-9H2,(H,18,21)(H,19,20). The topological polar surface area (TPSA) is 66.4 Å². The zero-order valence-corrected chi connectivity index (χ0v) is 13.1. The van der Waals surface area contributed by atoms with E-state index in [-0.39, 0.29) is 16.5 Å². The lowest BCUT2D eigenvalue weighted by molar-refractivity contribution is -0.139. The first-order chi connectivity index (χ1) is 9.93. The number of carboxylic acids is 1. The molecule has 0 aromatic heterocycles. The van der Waals surface area contributed by atoms with E-state index in [4.69, 9.17) is 5.11 Å². The number of amides is 1. The van der Waals surface area contributed by atoms with Gasteiger partial charge in [0.1, 0.15) is 5.82 Å². The van der Waals surface area contributed by atoms with Crippen molar-refractivity contribution >= 4 is 27.8 Å². The first-order valence-electron chi connectivity index (χ1n) is 6.92. The summed E-state index contributed by atoms with van der Waals surface area (Å²) in [4.78, 5) is 23.5. The largest absolute Gasteiger partial charge is 0.481 e. The Bertz CT molecular complexity index is 556. The first kappa shape index (κ1) is 15.9. The van der Waals surface area contributed by atoms with Crippen molar-refractivity contribution < 1.29 is 19.1 Å². The molecule has 1 aromatic carbocycles. The minimum Gasteiger partial charge on any atom is -0.481 e. The minimum absolute atomic E-state index is 0.101. The molecular weight excluding hydrogens is 341 g/mol. The molecule has 2 N–H and O–H groups in total. The Morgan fingerprint density at radius 2 is 1.95 bits per heavy atom. The summed E-state index contributed by atoms with van der Waals surface area (Å²) >= 11 is 3.06. The summed E-state index contributed by atoms with van der Waals surface area (Å²) in [6.07, 6.45) is 3.98. The Morgan fingerprint density at radius 3 is 2.57 bits per heavy atom. The summed E-state index contributed by atoms with van der Waals surface area (Å²) in [5.74, 6) is -1.89. The number of halogens is 2. The highest BCUT2D eigenvalue weighted by atomic mass is 79.9. The smallest absolute Gasteiger partial charge is 0.305 e. The molecule has 1 fully saturated rings. The number of hydrogen-bond donors (Lipinski definition) is 2. The maximum atomic E-state index is 13.5. The minimum atomic E-state index is -0.935. The van der Waals surface area contributed by atoms with Crippen LogP contribution in [0.25, 0.3) is 0 Å². The van der Waals surface area contributed by atoms with E-state index < -0.39 is 23.2 Å². The molecule has 1 amide bonds. The van der Waals surface area contributed by atoms with E-state index in [1.54, 1.807) is 0 Å². The number of nitrogens with one attached hydrogen (secondary N) is 1. The molecule has 21 heavy (non-hydrogen) atoms. The second-order valence-corrected chi connectivity index (χ2v) is 6.26. The third-order valence-electron chi connectivity index (χ3n) is 3.88. The van der Waals surface area contributed by atoms with Gasteiger partial charge in [0.2, 0.25) is 0 Å². The van der Waals surface area contributed by atoms with E-state index in [2.05, 4.69) is 21.2 Å². The summed E-state index contributed by atoms with van der Waals surface area (Å²) in [6, 6.07) is 4.23. The van der Waals surface area contributed by atoms with Crippen LogP contribution in [0.1, 0.15) is 48.9 Å². The Kier molecular flexibility index (Phi) is 4.98. The quantitative estimate of drug-likeness (QED) is 0.866. The predicted molar refractivity (Wildman–Crippen MR) is 79.6 cm³/mol. The molecule has 1 aliphatic rings. The number of carbonyl (C=O) groups is 2. The van der Waals surface area contributed by atoms with Gasteiger partial charge in [0.15, 0.2) is 0 Å². The van der Waals surface area contributed by atoms with Gasteiger partial charge in [-0.2, -0.15) is 0 Å². The predicted octanol–water partition coefficient (Wildman–Crippen LogP) is 3.50. The van der Waals surface area contributed by atoms with Crippen LogP contribution in [0.5, 0.6) is 0 Å². The number of carbonyl (C=O) groups excluding carboxylic acids is 1. The van der Waals surface area contributed by atoms with Crippen molar-refractivity contribution in [2.45, 2.75) is 44.1 Å². The van der Waals surface area contributed by atoms with E-state index >= 15 is 0 Å². The highest BCUT2D eigenvalue weighted by molar-refractivity contribution is 9.10. The summed E-state index contributed by atoms with van der Waals surface area (Å²) in [5, 5.41) is 11.9. The van der Waals surface area contributed by atoms with Gasteiger partial charge in [0.05, 0.1) is 22.0 Å². The molecule has 0 heterocycles. The maximum Gasteiger partial charge on any atom is 0.305 e. The first-order valence-corrected chi connectivity index (χ1v) is 7.71. The summed E-state index contributed by atoms with van der Waals surface area (Å²) in [6.45, 7) is 0. The van der Waals surface area contributed by atoms with Gasteiger partial charge in [-0.3, -0.25) is 9.59 Å². The van der Waals surface area contributed by atoms with E-state index in [1.807, 2.05) is 0 Å². The van der Waals surface area contributed by atoms with Gasteiger partial charge in [-0.15, -0.1) is 0 Å². The van der Waals surface area contributed by atoms with Crippen LogP contribution in [0.3, 0.4) is 0 Å². The zero-order chi connectivity index (χ0) is 15.5. The molecule has 0 bridgehead atoms. The van der Waals surface area contributed by atoms with Gasteiger partial charge < -0.3 is 10.4 Å². The van der Waals surface area contributed by atoms with Gasteiger partial charge in [-0.25, -0.2) is 4.39 Å². The van der Waals surface area contributed by atoms with Crippen LogP contribution in [-0.4, -0.2) is 22.5 Å². The van der Waals surface area contributed by atoms with Gasteiger partial charge in [-0.1, -0.05) is 25.3 Å². The Morgan fingerprint density at radius 1 is 1.29 bits per heavy atom. The second-order valence-electron chi connectivity index (χ2n) is 5.47. The Labute approximate surface area is 130 Å². The molecule has 1 saturated carbocycles. The van der Waals surface area contributed by atoms with Crippen LogP contribution in [0.15, 0.2) is 22.7 Å². The van der Waals surface area contributed by atoms with Crippen molar-refractivity contribution in [2.75, 3.05) is 0 Å². The molecule has 0 unspecified atom stereocenters. The van der Waals surface area contributed by atoms with Crippen molar-refractivity contribution in [3.63, 3.8) is 0 Å². The average molecular weight is 358 g/mol. The molecule has 0 aliphatic heterocycles. The Balaban J connectivity index is 2.21. The van der Waals surface area contributed by atoms with Gasteiger partial charge in [0.25, 0.3) is 5.91 Å². The second kappa shape index (κ2) is 6.56. The fourth-order valence-corrected chi connectivity index (χ4v) is 3.30. The van der Waals surface area contributed by atoms with E-state index in [0.717, 1.165) is 19.3 Å². The molecule has 4 nitrogen and oxygen atoms in total. The molecule has 0 saturated heterocycles. The highest BCUT2D eigenvalue weighted by Gasteiger charge is 2.36. The molecule has 2 rings (SSSR count). The van der Waals surface area contributed by atoms with Gasteiger partial charge in [-0.05, 0) is 40.9 Å². The highest BCUT2D eigenvalue weighted by Crippen LogP contribution is 2.32. The average Bonchev–Trinajstić information content (AvgIpc) is 2.41. The lowest BCUT2D eigenvalue weighted by Crippen LogP contribution is -2.51. The normalized spacial score (nSPS) is 17.2. The molecule has 6 heteroatoms. The number of carboxylic acid groups (broad SMARTS) is 1. The van der Waals surface area contributed by atoms with Crippen LogP contribution >= 0.6 is 15.9 Å². The van der Waals surface area contributed by atoms with Crippen molar-refractivity contribution in [1.29, 1.82) is 0 Å². The van der Waals surface area contributed by atoms with E-state index in [9.17, 15) is 14.0 Å². The molecule has 0 radical (unpaired) electrons. The van der Waals surface area contributed by atoms with Crippen LogP contribution in [-0.2, 0) is 4.79 Å². The molecule has 1 aliphatic carbocycles. The molecule has 0 spiro atoms. The van der Waals surface area contributed by atoms with Crippen LogP contribution in [0, 0.1) is 5.82 Å². The molecule has 1 aromatic rings. The van der Waals surface area contributed by atoms with Crippen LogP contribution in [0.4, 0.5) is 4.39 Å². The number of hydrogen-bond acceptors (Lipinski definition) is 2. The van der Waals surface area contributed by atoms with E-state index in [1.165, 1.54) is 18.2 Å². The lowest BCUT2D eigenvalue weighted by Gasteiger charge is -2.37. The van der Waals surface area contributed by atoms with Crippen molar-refractivity contribution in [2.24, 2.45) is 0 Å². The van der Waals surface area contributed by atoms with Crippen LogP contribution < -0.4 is 5.32 Å². The fourth-order valence-electron chi connectivity index (χ4n) is 2.85. The fraction of sp³-hybridized carbons (Fsp3) is 0.467. The summed E-state index contributed by atoms with van der Waals surface area (Å²) < 4.78 is 13.6. The summed E-state index contributed by atoms with van der Waals surface area (Å²) in [7, 11) is 0. The van der Waals surface area contributed by atoms with E-state index in [0.29, 0.717) is 12.8 Å². The Hall–Kier alpha value is -1.43. The van der Waals surface area contributed by atoms with Crippen molar-refractivity contribution in [1.82, 2.24) is 5.32 Å². The number of aliphatic carboxylic acids is 1. The van der Waals surface area contributed by atoms with Crippen molar-refractivity contribution in [3.05, 3.63) is 34.1 Å². The van der Waals surface area contributed by atoms with Crippen LogP contribution in [0.2, 0.25) is 0 Å². The third kappa shape index (κ3) is 3.81. The molecule has 114 valence electrons. The van der Waals surface area contributed by atoms with Gasteiger partial charge in [0, 0.05) is 0 Å². The molecular formula is C15H17BrFNO3.